The lowest BCUT2D eigenvalue weighted by Gasteiger charge is -2.27. The number of primary amides is 1. The summed E-state index contributed by atoms with van der Waals surface area (Å²) in [6, 6.07) is 5.55. The highest BCUT2D eigenvalue weighted by Gasteiger charge is 2.47. The average molecular weight is 537 g/mol. The third-order valence-electron chi connectivity index (χ3n) is 7.50. The number of carbonyl (C=O) groups is 1. The van der Waals surface area contributed by atoms with E-state index in [0.717, 1.165) is 23.2 Å². The van der Waals surface area contributed by atoms with Gasteiger partial charge in [0.15, 0.2) is 11.9 Å². The topological polar surface area (TPSA) is 116 Å². The molecular weight excluding hydrogens is 509 g/mol. The Bertz CT molecular complexity index is 1210. The number of carbonyl (C=O) groups excluding carboxylic acids is 1. The predicted octanol–water partition coefficient (Wildman–Crippen LogP) is 3.29. The Balaban J connectivity index is 1.27. The average Bonchev–Trinajstić information content (AvgIpc) is 3.38. The summed E-state index contributed by atoms with van der Waals surface area (Å²) in [6.45, 7) is 0.410. The molecule has 1 aromatic carbocycles. The van der Waals surface area contributed by atoms with Gasteiger partial charge in [-0.05, 0) is 54.4 Å². The quantitative estimate of drug-likeness (QED) is 0.401. The zero-order chi connectivity index (χ0) is 26.3. The molecule has 5 atom stereocenters. The minimum Gasteiger partial charge on any atom is -0.382 e. The lowest BCUT2D eigenvalue weighted by atomic mass is 9.88. The molecular formula is C25H28ClF3N6O2. The van der Waals surface area contributed by atoms with Crippen molar-refractivity contribution in [1.29, 1.82) is 0 Å². The van der Waals surface area contributed by atoms with Crippen LogP contribution in [0.4, 0.5) is 30.6 Å². The molecule has 4 unspecified atom stereocenters. The highest BCUT2D eigenvalue weighted by molar-refractivity contribution is 6.32. The number of allylic oxidation sites excluding steroid dienone is 1. The van der Waals surface area contributed by atoms with Crippen molar-refractivity contribution in [2.45, 2.75) is 37.6 Å². The van der Waals surface area contributed by atoms with Gasteiger partial charge in [-0.25, -0.2) is 4.98 Å². The van der Waals surface area contributed by atoms with Crippen LogP contribution in [0, 0.1) is 17.8 Å². The second-order valence-corrected chi connectivity index (χ2v) is 10.3. The van der Waals surface area contributed by atoms with E-state index < -0.39 is 18.8 Å². The van der Waals surface area contributed by atoms with E-state index in [2.05, 4.69) is 26.7 Å². The molecule has 2 aromatic rings. The van der Waals surface area contributed by atoms with Crippen LogP contribution in [0.2, 0.25) is 5.02 Å². The van der Waals surface area contributed by atoms with Crippen molar-refractivity contribution >= 4 is 35.0 Å². The van der Waals surface area contributed by atoms with Gasteiger partial charge >= 0.3 is 6.18 Å². The van der Waals surface area contributed by atoms with E-state index in [1.807, 2.05) is 24.3 Å². The van der Waals surface area contributed by atoms with Crippen LogP contribution in [0.3, 0.4) is 0 Å². The van der Waals surface area contributed by atoms with E-state index in [1.54, 1.807) is 4.90 Å². The van der Waals surface area contributed by atoms with Gasteiger partial charge in [-0.1, -0.05) is 29.8 Å². The first-order valence-corrected chi connectivity index (χ1v) is 12.6. The van der Waals surface area contributed by atoms with E-state index in [-0.39, 0.29) is 29.7 Å². The summed E-state index contributed by atoms with van der Waals surface area (Å²) in [4.78, 5) is 22.5. The summed E-state index contributed by atoms with van der Waals surface area (Å²) in [5, 5.41) is 16.2. The van der Waals surface area contributed by atoms with E-state index in [0.29, 0.717) is 42.7 Å². The fraction of sp³-hybridized carbons (Fsp3) is 0.480. The maximum Gasteiger partial charge on any atom is 0.415 e. The molecule has 12 heteroatoms. The summed E-state index contributed by atoms with van der Waals surface area (Å²) >= 11 is 6.36. The monoisotopic (exact) mass is 536 g/mol. The van der Waals surface area contributed by atoms with Gasteiger partial charge in [0, 0.05) is 31.4 Å². The van der Waals surface area contributed by atoms with Crippen LogP contribution in [0.15, 0.2) is 36.5 Å². The Morgan fingerprint density at radius 1 is 1.22 bits per heavy atom. The highest BCUT2D eigenvalue weighted by atomic mass is 35.5. The van der Waals surface area contributed by atoms with E-state index in [1.165, 1.54) is 6.20 Å². The normalized spacial score (nSPS) is 26.0. The number of rotatable bonds is 7. The number of β-amino-alcohol motifs (C(OH)–C–C–N with tert-alkyl or cyclic N) is 1. The molecule has 198 valence electrons. The summed E-state index contributed by atoms with van der Waals surface area (Å²) in [6.07, 6.45) is 0.636. The lowest BCUT2D eigenvalue weighted by molar-refractivity contribution is -0.208. The first-order valence-electron chi connectivity index (χ1n) is 12.2. The predicted molar refractivity (Wildman–Crippen MR) is 134 cm³/mol. The van der Waals surface area contributed by atoms with Crippen molar-refractivity contribution in [2.75, 3.05) is 30.3 Å². The van der Waals surface area contributed by atoms with Crippen LogP contribution >= 0.6 is 11.6 Å². The number of halogens is 4. The maximum atomic E-state index is 12.8. The summed E-state index contributed by atoms with van der Waals surface area (Å²) < 4.78 is 38.3. The first-order chi connectivity index (χ1) is 17.6. The van der Waals surface area contributed by atoms with Crippen molar-refractivity contribution in [3.63, 3.8) is 0 Å². The fourth-order valence-electron chi connectivity index (χ4n) is 5.60. The largest absolute Gasteiger partial charge is 0.415 e. The van der Waals surface area contributed by atoms with Crippen LogP contribution in [0.25, 0.3) is 0 Å². The second-order valence-electron chi connectivity index (χ2n) is 9.90. The smallest absolute Gasteiger partial charge is 0.382 e. The highest BCUT2D eigenvalue weighted by Crippen LogP contribution is 2.45. The Morgan fingerprint density at radius 3 is 2.68 bits per heavy atom. The molecule has 37 heavy (non-hydrogen) atoms. The van der Waals surface area contributed by atoms with Crippen LogP contribution in [0.5, 0.6) is 0 Å². The number of anilines is 3. The minimum absolute atomic E-state index is 0.116. The molecule has 1 amide bonds. The number of aliphatic hydroxyl groups excluding tert-OH is 1. The van der Waals surface area contributed by atoms with Gasteiger partial charge in [-0.15, -0.1) is 0 Å². The molecule has 1 aliphatic heterocycles. The number of fused-ring (bicyclic) bond motifs is 3. The van der Waals surface area contributed by atoms with Gasteiger partial charge in [0.05, 0.1) is 12.1 Å². The number of aliphatic hydroxyl groups is 1. The van der Waals surface area contributed by atoms with Gasteiger partial charge in [0.2, 0.25) is 11.9 Å². The van der Waals surface area contributed by atoms with Gasteiger partial charge in [-0.3, -0.25) is 9.69 Å². The summed E-state index contributed by atoms with van der Waals surface area (Å²) in [5.41, 5.74) is 8.46. The van der Waals surface area contributed by atoms with Crippen molar-refractivity contribution in [3.05, 3.63) is 52.7 Å². The SMILES string of the molecule is NC(=O)C1C2C=CC(C2)C1Nc1nc(Nc2ccc3c(c2)CCN(C[C@@H](O)C(F)(F)F)CC3)ncc1Cl. The Hall–Kier alpha value is -2.89. The van der Waals surface area contributed by atoms with Crippen LogP contribution < -0.4 is 16.4 Å². The van der Waals surface area contributed by atoms with Crippen molar-refractivity contribution < 1.29 is 23.1 Å². The van der Waals surface area contributed by atoms with Gasteiger partial charge in [0.25, 0.3) is 0 Å². The van der Waals surface area contributed by atoms with Gasteiger partial charge in [-0.2, -0.15) is 18.2 Å². The fourth-order valence-corrected chi connectivity index (χ4v) is 5.75. The first kappa shape index (κ1) is 25.7. The summed E-state index contributed by atoms with van der Waals surface area (Å²) in [7, 11) is 0. The molecule has 2 aliphatic carbocycles. The minimum atomic E-state index is -4.63. The number of hydrogen-bond acceptors (Lipinski definition) is 7. The van der Waals surface area contributed by atoms with Crippen LogP contribution in [0.1, 0.15) is 17.5 Å². The number of hydrogen-bond donors (Lipinski definition) is 4. The van der Waals surface area contributed by atoms with E-state index in [4.69, 9.17) is 17.3 Å². The lowest BCUT2D eigenvalue weighted by Crippen LogP contribution is -2.41. The number of amides is 1. The molecule has 0 saturated heterocycles. The van der Waals surface area contributed by atoms with E-state index in [9.17, 15) is 23.1 Å². The standard InChI is InChI=1S/C25H28ClF3N6O2/c26-18-11-31-24(34-23(18)33-21-16-2-1-15(9-16)20(21)22(30)37)32-17-4-3-13-5-7-35(8-6-14(13)10-17)12-19(36)25(27,28)29/h1-4,10-11,15-16,19-21,36H,5-9,12H2,(H2,30,37)(H2,31,32,33,34)/t15?,16?,19-,20?,21?/m1/s1. The van der Waals surface area contributed by atoms with Crippen molar-refractivity contribution in [1.82, 2.24) is 14.9 Å². The third kappa shape index (κ3) is 5.53. The molecule has 0 radical (unpaired) electrons. The molecule has 2 heterocycles. The Labute approximate surface area is 217 Å². The van der Waals surface area contributed by atoms with Crippen molar-refractivity contribution in [3.8, 4) is 0 Å². The molecule has 1 saturated carbocycles. The number of nitrogens with zero attached hydrogens (tertiary/aromatic N) is 3. The molecule has 1 aromatic heterocycles. The maximum absolute atomic E-state index is 12.8. The van der Waals surface area contributed by atoms with Gasteiger partial charge < -0.3 is 21.5 Å². The number of nitrogens with two attached hydrogens (primary N) is 1. The van der Waals surface area contributed by atoms with Crippen molar-refractivity contribution in [2.24, 2.45) is 23.5 Å². The van der Waals surface area contributed by atoms with E-state index >= 15 is 0 Å². The molecule has 3 aliphatic rings. The molecule has 1 fully saturated rings. The van der Waals surface area contributed by atoms with Crippen LogP contribution in [-0.4, -0.2) is 63.8 Å². The molecule has 5 N–H and O–H groups in total. The van der Waals surface area contributed by atoms with Gasteiger partial charge in [0.1, 0.15) is 5.02 Å². The number of alkyl halides is 3. The summed E-state index contributed by atoms with van der Waals surface area (Å²) in [5.74, 6) is 0.319. The molecule has 8 nitrogen and oxygen atoms in total. The van der Waals surface area contributed by atoms with Crippen LogP contribution in [-0.2, 0) is 17.6 Å². The number of aromatic nitrogens is 2. The third-order valence-corrected chi connectivity index (χ3v) is 7.78. The molecule has 2 bridgehead atoms. The molecule has 0 spiro atoms. The zero-order valence-electron chi connectivity index (χ0n) is 19.9. The molecule has 5 rings (SSSR count). The Kier molecular flexibility index (Phi) is 7.03. The second kappa shape index (κ2) is 10.1. The number of nitrogens with one attached hydrogen (secondary N) is 2. The zero-order valence-corrected chi connectivity index (χ0v) is 20.6. The Morgan fingerprint density at radius 2 is 1.95 bits per heavy atom. The number of benzene rings is 1.